The third kappa shape index (κ3) is 4.83. The van der Waals surface area contributed by atoms with Crippen LogP contribution >= 0.6 is 11.3 Å². The largest absolute Gasteiger partial charge is 0.496 e. The molecule has 27 heavy (non-hydrogen) atoms. The Hall–Kier alpha value is -2.93. The molecule has 0 saturated carbocycles. The van der Waals surface area contributed by atoms with Gasteiger partial charge in [-0.1, -0.05) is 30.3 Å². The third-order valence-corrected chi connectivity index (χ3v) is 5.04. The van der Waals surface area contributed by atoms with E-state index in [-0.39, 0.29) is 18.9 Å². The predicted octanol–water partition coefficient (Wildman–Crippen LogP) is 3.05. The Bertz CT molecular complexity index is 921. The Kier molecular flexibility index (Phi) is 6.03. The zero-order valence-electron chi connectivity index (χ0n) is 15.2. The lowest BCUT2D eigenvalue weighted by Gasteiger charge is -2.15. The van der Waals surface area contributed by atoms with E-state index in [4.69, 9.17) is 9.47 Å². The average molecular weight is 384 g/mol. The van der Waals surface area contributed by atoms with Gasteiger partial charge in [-0.05, 0) is 18.2 Å². The molecule has 3 aromatic rings. The van der Waals surface area contributed by atoms with Gasteiger partial charge in [0.05, 0.1) is 30.3 Å². The highest BCUT2D eigenvalue weighted by Gasteiger charge is 2.15. The van der Waals surface area contributed by atoms with Gasteiger partial charge in [0.25, 0.3) is 5.91 Å². The highest BCUT2D eigenvalue weighted by molar-refractivity contribution is 7.18. The molecule has 1 heterocycles. The van der Waals surface area contributed by atoms with Crippen molar-refractivity contribution in [1.29, 1.82) is 0 Å². The van der Waals surface area contributed by atoms with E-state index in [0.717, 1.165) is 20.8 Å². The summed E-state index contributed by atoms with van der Waals surface area (Å²) in [6.45, 7) is 0.0810. The summed E-state index contributed by atoms with van der Waals surface area (Å²) >= 11 is 1.55. The van der Waals surface area contributed by atoms with Gasteiger partial charge in [0, 0.05) is 12.6 Å². The smallest absolute Gasteiger partial charge is 0.310 e. The van der Waals surface area contributed by atoms with Crippen molar-refractivity contribution in [2.75, 3.05) is 20.8 Å². The van der Waals surface area contributed by atoms with Crippen LogP contribution in [0.4, 0.5) is 0 Å². The molecule has 0 aliphatic carbocycles. The number of rotatable bonds is 7. The van der Waals surface area contributed by atoms with E-state index in [1.165, 1.54) is 4.90 Å². The van der Waals surface area contributed by atoms with Gasteiger partial charge in [0.2, 0.25) is 0 Å². The fraction of sp³-hybridized carbons (Fsp3) is 0.250. The van der Waals surface area contributed by atoms with Crippen LogP contribution in [0.3, 0.4) is 0 Å². The minimum Gasteiger partial charge on any atom is -0.496 e. The van der Waals surface area contributed by atoms with Crippen molar-refractivity contribution in [3.05, 3.63) is 59.1 Å². The second-order valence-electron chi connectivity index (χ2n) is 5.97. The molecule has 6 nitrogen and oxygen atoms in total. The number of hydrogen-bond acceptors (Lipinski definition) is 6. The van der Waals surface area contributed by atoms with Crippen molar-refractivity contribution in [2.45, 2.75) is 13.0 Å². The minimum absolute atomic E-state index is 0.0544. The predicted molar refractivity (Wildman–Crippen MR) is 104 cm³/mol. The van der Waals surface area contributed by atoms with Gasteiger partial charge in [-0.15, -0.1) is 11.3 Å². The van der Waals surface area contributed by atoms with Crippen LogP contribution < -0.4 is 4.74 Å². The van der Waals surface area contributed by atoms with Crippen molar-refractivity contribution in [2.24, 2.45) is 0 Å². The molecule has 1 aromatic heterocycles. The molecule has 3 rings (SSSR count). The standard InChI is InChI=1S/C20H20N2O4S/c1-22(12-18-21-15-8-4-6-10-17(15)27-18)19(23)13-26-20(24)11-14-7-3-5-9-16(14)25-2/h3-10H,11-13H2,1-2H3. The number of amides is 1. The molecule has 1 amide bonds. The lowest BCUT2D eigenvalue weighted by molar-refractivity contribution is -0.151. The maximum Gasteiger partial charge on any atom is 0.310 e. The van der Waals surface area contributed by atoms with E-state index in [2.05, 4.69) is 4.98 Å². The molecule has 0 saturated heterocycles. The van der Waals surface area contributed by atoms with Crippen molar-refractivity contribution in [1.82, 2.24) is 9.88 Å². The number of aromatic nitrogens is 1. The summed E-state index contributed by atoms with van der Waals surface area (Å²) in [6, 6.07) is 15.0. The highest BCUT2D eigenvalue weighted by atomic mass is 32.1. The number of carbonyl (C=O) groups excluding carboxylic acids is 2. The molecule has 0 unspecified atom stereocenters. The number of fused-ring (bicyclic) bond motifs is 1. The Morgan fingerprint density at radius 1 is 1.11 bits per heavy atom. The maximum atomic E-state index is 12.2. The third-order valence-electron chi connectivity index (χ3n) is 4.02. The molecule has 0 bridgehead atoms. The van der Waals surface area contributed by atoms with Crippen LogP contribution in [0.5, 0.6) is 5.75 Å². The first kappa shape index (κ1) is 18.8. The Morgan fingerprint density at radius 3 is 2.63 bits per heavy atom. The first-order valence-electron chi connectivity index (χ1n) is 8.42. The number of thiazole rings is 1. The summed E-state index contributed by atoms with van der Waals surface area (Å²) in [5.74, 6) is -0.127. The molecule has 2 aromatic carbocycles. The van der Waals surface area contributed by atoms with Crippen molar-refractivity contribution >= 4 is 33.4 Å². The van der Waals surface area contributed by atoms with Crippen molar-refractivity contribution in [3.63, 3.8) is 0 Å². The zero-order valence-corrected chi connectivity index (χ0v) is 16.0. The highest BCUT2D eigenvalue weighted by Crippen LogP contribution is 2.22. The van der Waals surface area contributed by atoms with Gasteiger partial charge in [-0.3, -0.25) is 9.59 Å². The molecule has 0 aliphatic heterocycles. The van der Waals surface area contributed by atoms with Crippen LogP contribution in [-0.4, -0.2) is 42.5 Å². The summed E-state index contributed by atoms with van der Waals surface area (Å²) < 4.78 is 11.4. The molecular formula is C20H20N2O4S. The summed E-state index contributed by atoms with van der Waals surface area (Å²) in [6.07, 6.45) is 0.0544. The number of methoxy groups -OCH3 is 1. The van der Waals surface area contributed by atoms with Gasteiger partial charge < -0.3 is 14.4 Å². The normalized spacial score (nSPS) is 10.6. The van der Waals surface area contributed by atoms with Gasteiger partial charge in [-0.25, -0.2) is 4.98 Å². The number of nitrogens with zero attached hydrogens (tertiary/aromatic N) is 2. The van der Waals surface area contributed by atoms with Crippen molar-refractivity contribution in [3.8, 4) is 5.75 Å². The molecule has 0 aliphatic rings. The van der Waals surface area contributed by atoms with Crippen molar-refractivity contribution < 1.29 is 19.1 Å². The summed E-state index contributed by atoms with van der Waals surface area (Å²) in [7, 11) is 3.22. The maximum absolute atomic E-state index is 12.2. The number of benzene rings is 2. The molecule has 140 valence electrons. The van der Waals surface area contributed by atoms with Crippen LogP contribution in [0.1, 0.15) is 10.6 Å². The molecule has 0 fully saturated rings. The molecule has 0 N–H and O–H groups in total. The second-order valence-corrected chi connectivity index (χ2v) is 7.09. The number of para-hydroxylation sites is 2. The number of carbonyl (C=O) groups is 2. The van der Waals surface area contributed by atoms with Gasteiger partial charge in [0.1, 0.15) is 10.8 Å². The van der Waals surface area contributed by atoms with E-state index < -0.39 is 5.97 Å². The summed E-state index contributed by atoms with van der Waals surface area (Å²) in [5.41, 5.74) is 1.64. The quantitative estimate of drug-likeness (QED) is 0.586. The first-order chi connectivity index (χ1) is 13.1. The number of ether oxygens (including phenoxy) is 2. The van der Waals surface area contributed by atoms with Crippen LogP contribution in [-0.2, 0) is 27.3 Å². The van der Waals surface area contributed by atoms with Crippen LogP contribution in [0.25, 0.3) is 10.2 Å². The molecule has 0 spiro atoms. The molecule has 7 heteroatoms. The van der Waals surface area contributed by atoms with Gasteiger partial charge in [0.15, 0.2) is 6.61 Å². The fourth-order valence-corrected chi connectivity index (χ4v) is 3.61. The summed E-state index contributed by atoms with van der Waals surface area (Å²) in [5, 5.41) is 0.840. The number of likely N-dealkylation sites (N-methyl/N-ethyl adjacent to an activating group) is 1. The van der Waals surface area contributed by atoms with Crippen LogP contribution in [0.2, 0.25) is 0 Å². The van der Waals surface area contributed by atoms with E-state index >= 15 is 0 Å². The molecular weight excluding hydrogens is 364 g/mol. The molecule has 0 radical (unpaired) electrons. The van der Waals surface area contributed by atoms with E-state index in [0.29, 0.717) is 12.3 Å². The van der Waals surface area contributed by atoms with Gasteiger partial charge in [-0.2, -0.15) is 0 Å². The van der Waals surface area contributed by atoms with E-state index in [1.807, 2.05) is 36.4 Å². The first-order valence-corrected chi connectivity index (χ1v) is 9.24. The Labute approximate surface area is 161 Å². The topological polar surface area (TPSA) is 68.7 Å². The lowest BCUT2D eigenvalue weighted by Crippen LogP contribution is -2.31. The van der Waals surface area contributed by atoms with Crippen LogP contribution in [0, 0.1) is 0 Å². The number of hydrogen-bond donors (Lipinski definition) is 0. The lowest BCUT2D eigenvalue weighted by atomic mass is 10.1. The van der Waals surface area contributed by atoms with E-state index in [1.54, 1.807) is 37.6 Å². The Morgan fingerprint density at radius 2 is 1.85 bits per heavy atom. The molecule has 0 atom stereocenters. The number of esters is 1. The summed E-state index contributed by atoms with van der Waals surface area (Å²) in [4.78, 5) is 30.3. The second kappa shape index (κ2) is 8.64. The monoisotopic (exact) mass is 384 g/mol. The minimum atomic E-state index is -0.471. The van der Waals surface area contributed by atoms with Crippen LogP contribution in [0.15, 0.2) is 48.5 Å². The van der Waals surface area contributed by atoms with E-state index in [9.17, 15) is 9.59 Å². The fourth-order valence-electron chi connectivity index (χ4n) is 2.59. The SMILES string of the molecule is COc1ccccc1CC(=O)OCC(=O)N(C)Cc1nc2ccccc2s1. The Balaban J connectivity index is 1.51. The average Bonchev–Trinajstić information content (AvgIpc) is 3.08. The van der Waals surface area contributed by atoms with Gasteiger partial charge >= 0.3 is 5.97 Å². The zero-order chi connectivity index (χ0) is 19.2.